The van der Waals surface area contributed by atoms with E-state index >= 15 is 0 Å². The molecule has 1 aromatic rings. The van der Waals surface area contributed by atoms with Gasteiger partial charge in [0.05, 0.1) is 5.69 Å². The number of nitrogens with two attached hydrogens (primary N) is 1. The zero-order valence-corrected chi connectivity index (χ0v) is 8.73. The van der Waals surface area contributed by atoms with E-state index in [0.717, 1.165) is 0 Å². The molecule has 0 atom stereocenters. The van der Waals surface area contributed by atoms with Gasteiger partial charge in [0.1, 0.15) is 5.75 Å². The summed E-state index contributed by atoms with van der Waals surface area (Å²) in [6.45, 7) is 1.35. The summed E-state index contributed by atoms with van der Waals surface area (Å²) in [6.07, 6.45) is 2.64. The van der Waals surface area contributed by atoms with Crippen LogP contribution in [0.1, 0.15) is 12.5 Å². The summed E-state index contributed by atoms with van der Waals surface area (Å²) in [5, 5.41) is 11.8. The van der Waals surface area contributed by atoms with E-state index < -0.39 is 5.91 Å². The lowest BCUT2D eigenvalue weighted by Gasteiger charge is -2.06. The topological polar surface area (TPSA) is 92.4 Å². The zero-order chi connectivity index (χ0) is 12.1. The molecule has 0 unspecified atom stereocenters. The fourth-order valence-corrected chi connectivity index (χ4v) is 1.16. The van der Waals surface area contributed by atoms with Crippen molar-refractivity contribution in [2.75, 3.05) is 5.32 Å². The van der Waals surface area contributed by atoms with Crippen LogP contribution in [0, 0.1) is 0 Å². The van der Waals surface area contributed by atoms with E-state index in [0.29, 0.717) is 11.3 Å². The number of anilines is 1. The smallest absolute Gasteiger partial charge is 0.241 e. The molecule has 0 aliphatic rings. The van der Waals surface area contributed by atoms with Crippen molar-refractivity contribution in [3.63, 3.8) is 0 Å². The summed E-state index contributed by atoms with van der Waals surface area (Å²) in [6, 6.07) is 4.41. The Kier molecular flexibility index (Phi) is 3.66. The summed E-state index contributed by atoms with van der Waals surface area (Å²) in [5.74, 6) is -0.818. The average Bonchev–Trinajstić information content (AvgIpc) is 2.15. The molecule has 4 N–H and O–H groups in total. The van der Waals surface area contributed by atoms with E-state index in [4.69, 9.17) is 5.73 Å². The highest BCUT2D eigenvalue weighted by Gasteiger charge is 2.03. The van der Waals surface area contributed by atoms with E-state index in [-0.39, 0.29) is 11.7 Å². The summed E-state index contributed by atoms with van der Waals surface area (Å²) in [7, 11) is 0. The minimum Gasteiger partial charge on any atom is -0.508 e. The molecule has 0 heterocycles. The van der Waals surface area contributed by atoms with Crippen molar-refractivity contribution in [3.8, 4) is 5.75 Å². The number of aromatic hydroxyl groups is 1. The van der Waals surface area contributed by atoms with Crippen LogP contribution in [-0.4, -0.2) is 16.9 Å². The highest BCUT2D eigenvalue weighted by molar-refractivity contribution is 5.94. The third kappa shape index (κ3) is 3.45. The monoisotopic (exact) mass is 220 g/mol. The SMILES string of the molecule is CC(=O)Nc1cc(O)ccc1C=CC(N)=O. The molecule has 5 heteroatoms. The van der Waals surface area contributed by atoms with E-state index in [2.05, 4.69) is 5.32 Å². The second-order valence-corrected chi connectivity index (χ2v) is 3.19. The molecule has 2 amide bonds. The van der Waals surface area contributed by atoms with Crippen LogP contribution in [0.2, 0.25) is 0 Å². The molecule has 0 aliphatic heterocycles. The Morgan fingerprint density at radius 3 is 2.69 bits per heavy atom. The number of primary amides is 1. The normalized spacial score (nSPS) is 10.3. The number of phenolic OH excluding ortho intramolecular Hbond substituents is 1. The van der Waals surface area contributed by atoms with E-state index in [9.17, 15) is 14.7 Å². The third-order valence-corrected chi connectivity index (χ3v) is 1.77. The van der Waals surface area contributed by atoms with Gasteiger partial charge >= 0.3 is 0 Å². The van der Waals surface area contributed by atoms with Crippen LogP contribution in [0.5, 0.6) is 5.75 Å². The molecule has 0 aliphatic carbocycles. The van der Waals surface area contributed by atoms with Gasteiger partial charge in [-0.3, -0.25) is 9.59 Å². The molecule has 1 rings (SSSR count). The summed E-state index contributed by atoms with van der Waals surface area (Å²) < 4.78 is 0. The number of hydrogen-bond acceptors (Lipinski definition) is 3. The minimum atomic E-state index is -0.582. The van der Waals surface area contributed by atoms with E-state index in [1.54, 1.807) is 6.07 Å². The maximum absolute atomic E-state index is 10.9. The van der Waals surface area contributed by atoms with Crippen molar-refractivity contribution in [2.24, 2.45) is 5.73 Å². The van der Waals surface area contributed by atoms with Gasteiger partial charge in [0.25, 0.3) is 0 Å². The number of amides is 2. The van der Waals surface area contributed by atoms with Crippen LogP contribution in [0.25, 0.3) is 6.08 Å². The molecule has 1 aromatic carbocycles. The lowest BCUT2D eigenvalue weighted by Crippen LogP contribution is -2.08. The van der Waals surface area contributed by atoms with Crippen LogP contribution < -0.4 is 11.1 Å². The van der Waals surface area contributed by atoms with Crippen molar-refractivity contribution >= 4 is 23.6 Å². The van der Waals surface area contributed by atoms with E-state index in [1.165, 1.54) is 31.2 Å². The van der Waals surface area contributed by atoms with Gasteiger partial charge < -0.3 is 16.2 Å². The first-order valence-corrected chi connectivity index (χ1v) is 4.57. The summed E-state index contributed by atoms with van der Waals surface area (Å²) >= 11 is 0. The quantitative estimate of drug-likeness (QED) is 0.659. The molecule has 84 valence electrons. The van der Waals surface area contributed by atoms with Crippen molar-refractivity contribution in [2.45, 2.75) is 6.92 Å². The van der Waals surface area contributed by atoms with Gasteiger partial charge in [-0.15, -0.1) is 0 Å². The Balaban J connectivity index is 3.06. The van der Waals surface area contributed by atoms with Gasteiger partial charge in [0.2, 0.25) is 11.8 Å². The minimum absolute atomic E-state index is 0.0278. The molecule has 0 saturated heterocycles. The maximum Gasteiger partial charge on any atom is 0.241 e. The molecule has 5 nitrogen and oxygen atoms in total. The number of carbonyl (C=O) groups is 2. The first kappa shape index (κ1) is 11.8. The van der Waals surface area contributed by atoms with Gasteiger partial charge in [-0.25, -0.2) is 0 Å². The third-order valence-electron chi connectivity index (χ3n) is 1.77. The van der Waals surface area contributed by atoms with E-state index in [1.807, 2.05) is 0 Å². The lowest BCUT2D eigenvalue weighted by atomic mass is 10.1. The van der Waals surface area contributed by atoms with Crippen molar-refractivity contribution in [1.29, 1.82) is 0 Å². The standard InChI is InChI=1S/C11H12N2O3/c1-7(14)13-10-6-9(15)4-2-8(10)3-5-11(12)16/h2-6,15H,1H3,(H2,12,16)(H,13,14). The molecular formula is C11H12N2O3. The molecule has 0 spiro atoms. The Bertz CT molecular complexity index is 453. The van der Waals surface area contributed by atoms with Crippen LogP contribution in [0.15, 0.2) is 24.3 Å². The highest BCUT2D eigenvalue weighted by atomic mass is 16.3. The number of nitrogens with one attached hydrogen (secondary N) is 1. The predicted octanol–water partition coefficient (Wildman–Crippen LogP) is 0.849. The van der Waals surface area contributed by atoms with Crippen molar-refractivity contribution < 1.29 is 14.7 Å². The zero-order valence-electron chi connectivity index (χ0n) is 8.73. The van der Waals surface area contributed by atoms with Gasteiger partial charge in [0, 0.05) is 19.1 Å². The second kappa shape index (κ2) is 4.97. The van der Waals surface area contributed by atoms with Crippen molar-refractivity contribution in [1.82, 2.24) is 0 Å². The van der Waals surface area contributed by atoms with Gasteiger partial charge in [-0.1, -0.05) is 0 Å². The van der Waals surface area contributed by atoms with Gasteiger partial charge in [-0.2, -0.15) is 0 Å². The molecule has 0 radical (unpaired) electrons. The maximum atomic E-state index is 10.9. The number of phenols is 1. The Hall–Kier alpha value is -2.30. The van der Waals surface area contributed by atoms with Crippen LogP contribution in [0.4, 0.5) is 5.69 Å². The summed E-state index contributed by atoms with van der Waals surface area (Å²) in [4.78, 5) is 21.5. The number of rotatable bonds is 3. The summed E-state index contributed by atoms with van der Waals surface area (Å²) in [5.41, 5.74) is 5.97. The van der Waals surface area contributed by atoms with Crippen LogP contribution >= 0.6 is 0 Å². The molecular weight excluding hydrogens is 208 g/mol. The van der Waals surface area contributed by atoms with Gasteiger partial charge in [0.15, 0.2) is 0 Å². The number of carbonyl (C=O) groups excluding carboxylic acids is 2. The Labute approximate surface area is 92.6 Å². The number of hydrogen-bond donors (Lipinski definition) is 3. The average molecular weight is 220 g/mol. The lowest BCUT2D eigenvalue weighted by molar-refractivity contribution is -0.114. The first-order chi connectivity index (χ1) is 7.49. The highest BCUT2D eigenvalue weighted by Crippen LogP contribution is 2.22. The van der Waals surface area contributed by atoms with Gasteiger partial charge in [-0.05, 0) is 23.8 Å². The van der Waals surface area contributed by atoms with Crippen molar-refractivity contribution in [3.05, 3.63) is 29.8 Å². The number of benzene rings is 1. The second-order valence-electron chi connectivity index (χ2n) is 3.19. The van der Waals surface area contributed by atoms with Crippen LogP contribution in [-0.2, 0) is 9.59 Å². The molecule has 0 saturated carbocycles. The Morgan fingerprint density at radius 1 is 1.44 bits per heavy atom. The Morgan fingerprint density at radius 2 is 2.12 bits per heavy atom. The van der Waals surface area contributed by atoms with Crippen LogP contribution in [0.3, 0.4) is 0 Å². The molecule has 0 fully saturated rings. The fraction of sp³-hybridized carbons (Fsp3) is 0.0909. The largest absolute Gasteiger partial charge is 0.508 e. The fourth-order valence-electron chi connectivity index (χ4n) is 1.16. The molecule has 0 bridgehead atoms. The molecule has 0 aromatic heterocycles. The molecule has 16 heavy (non-hydrogen) atoms. The predicted molar refractivity (Wildman–Crippen MR) is 60.6 cm³/mol. The first-order valence-electron chi connectivity index (χ1n) is 4.57.